The maximum absolute atomic E-state index is 11.8. The zero-order valence-electron chi connectivity index (χ0n) is 15.4. The van der Waals surface area contributed by atoms with Gasteiger partial charge in [0.2, 0.25) is 5.91 Å². The Balaban J connectivity index is 1.23. The number of amides is 1. The number of nitrogens with one attached hydrogen (secondary N) is 1. The minimum atomic E-state index is 0.106. The summed E-state index contributed by atoms with van der Waals surface area (Å²) in [6.07, 6.45) is 3.81. The molecule has 1 aliphatic heterocycles. The molecule has 0 atom stereocenters. The highest BCUT2D eigenvalue weighted by Gasteiger charge is 2.16. The summed E-state index contributed by atoms with van der Waals surface area (Å²) in [7, 11) is 0. The molecular formula is C21H29N3O2. The summed E-state index contributed by atoms with van der Waals surface area (Å²) in [4.78, 5) is 16.8. The summed E-state index contributed by atoms with van der Waals surface area (Å²) in [5, 5.41) is 3.01. The molecule has 3 rings (SSSR count). The minimum absolute atomic E-state index is 0.106. The lowest BCUT2D eigenvalue weighted by Crippen LogP contribution is -2.46. The molecule has 2 aromatic rings. The number of hydrogen-bond donors (Lipinski definition) is 1. The van der Waals surface area contributed by atoms with E-state index in [1.165, 1.54) is 5.56 Å². The van der Waals surface area contributed by atoms with E-state index in [9.17, 15) is 4.79 Å². The van der Waals surface area contributed by atoms with E-state index in [0.717, 1.165) is 58.0 Å². The third-order valence-corrected chi connectivity index (χ3v) is 4.87. The van der Waals surface area contributed by atoms with Gasteiger partial charge in [-0.1, -0.05) is 30.3 Å². The topological polar surface area (TPSA) is 48.7 Å². The van der Waals surface area contributed by atoms with E-state index in [1.807, 2.05) is 12.1 Å². The van der Waals surface area contributed by atoms with E-state index < -0.39 is 0 Å². The maximum Gasteiger partial charge on any atom is 0.220 e. The third-order valence-electron chi connectivity index (χ3n) is 4.87. The normalized spacial score (nSPS) is 15.8. The summed E-state index contributed by atoms with van der Waals surface area (Å²) in [6, 6.07) is 14.4. The molecule has 0 spiro atoms. The SMILES string of the molecule is O=C(CCc1ccco1)NCCCN1CCN(Cc2ccccc2)CC1. The summed E-state index contributed by atoms with van der Waals surface area (Å²) in [6.45, 7) is 7.30. The standard InChI is InChI=1S/C21H29N3O2/c25-21(10-9-20-8-4-17-26-20)22-11-5-12-23-13-15-24(16-14-23)18-19-6-2-1-3-7-19/h1-4,6-8,17H,5,9-16,18H2,(H,22,25). The maximum atomic E-state index is 11.8. The van der Waals surface area contributed by atoms with Crippen molar-refractivity contribution in [1.29, 1.82) is 0 Å². The first kappa shape index (κ1) is 18.7. The summed E-state index contributed by atoms with van der Waals surface area (Å²) in [5.41, 5.74) is 1.39. The van der Waals surface area contributed by atoms with Gasteiger partial charge in [0, 0.05) is 52.1 Å². The van der Waals surface area contributed by atoms with Crippen LogP contribution >= 0.6 is 0 Å². The molecule has 5 nitrogen and oxygen atoms in total. The van der Waals surface area contributed by atoms with Crippen molar-refractivity contribution in [3.8, 4) is 0 Å². The zero-order valence-corrected chi connectivity index (χ0v) is 15.4. The largest absolute Gasteiger partial charge is 0.469 e. The zero-order chi connectivity index (χ0) is 18.0. The Bertz CT molecular complexity index is 635. The Morgan fingerprint density at radius 3 is 2.50 bits per heavy atom. The van der Waals surface area contributed by atoms with Crippen LogP contribution in [-0.4, -0.2) is 55.0 Å². The quantitative estimate of drug-likeness (QED) is 0.702. The van der Waals surface area contributed by atoms with Crippen molar-refractivity contribution in [3.63, 3.8) is 0 Å². The van der Waals surface area contributed by atoms with Crippen molar-refractivity contribution in [2.24, 2.45) is 0 Å². The molecular weight excluding hydrogens is 326 g/mol. The van der Waals surface area contributed by atoms with Crippen molar-refractivity contribution in [1.82, 2.24) is 15.1 Å². The molecule has 0 saturated carbocycles. The van der Waals surface area contributed by atoms with Gasteiger partial charge in [-0.2, -0.15) is 0 Å². The Hall–Kier alpha value is -2.11. The molecule has 0 radical (unpaired) electrons. The highest BCUT2D eigenvalue weighted by Crippen LogP contribution is 2.08. The van der Waals surface area contributed by atoms with E-state index in [-0.39, 0.29) is 5.91 Å². The van der Waals surface area contributed by atoms with Crippen LogP contribution in [0.15, 0.2) is 53.1 Å². The Kier molecular flexibility index (Phi) is 7.28. The molecule has 140 valence electrons. The van der Waals surface area contributed by atoms with Gasteiger partial charge in [-0.15, -0.1) is 0 Å². The fourth-order valence-electron chi connectivity index (χ4n) is 3.32. The third kappa shape index (κ3) is 6.32. The van der Waals surface area contributed by atoms with Gasteiger partial charge in [0.1, 0.15) is 5.76 Å². The number of aryl methyl sites for hydroxylation is 1. The second kappa shape index (κ2) is 10.1. The van der Waals surface area contributed by atoms with E-state index in [4.69, 9.17) is 4.42 Å². The Morgan fingerprint density at radius 2 is 1.77 bits per heavy atom. The number of furan rings is 1. The highest BCUT2D eigenvalue weighted by molar-refractivity contribution is 5.76. The van der Waals surface area contributed by atoms with Crippen molar-refractivity contribution in [3.05, 3.63) is 60.1 Å². The summed E-state index contributed by atoms with van der Waals surface area (Å²) >= 11 is 0. The van der Waals surface area contributed by atoms with Crippen LogP contribution in [0.3, 0.4) is 0 Å². The number of carbonyl (C=O) groups excluding carboxylic acids is 1. The van der Waals surface area contributed by atoms with Crippen LogP contribution in [0.5, 0.6) is 0 Å². The molecule has 1 fully saturated rings. The predicted molar refractivity (Wildman–Crippen MR) is 103 cm³/mol. The molecule has 1 amide bonds. The molecule has 1 N–H and O–H groups in total. The van der Waals surface area contributed by atoms with Crippen LogP contribution in [0.2, 0.25) is 0 Å². The second-order valence-corrected chi connectivity index (χ2v) is 6.89. The van der Waals surface area contributed by atoms with Crippen LogP contribution in [0.25, 0.3) is 0 Å². The van der Waals surface area contributed by atoms with Crippen LogP contribution in [0.4, 0.5) is 0 Å². The van der Waals surface area contributed by atoms with E-state index in [2.05, 4.69) is 45.4 Å². The fraction of sp³-hybridized carbons (Fsp3) is 0.476. The van der Waals surface area contributed by atoms with Gasteiger partial charge >= 0.3 is 0 Å². The number of benzene rings is 1. The molecule has 1 saturated heterocycles. The smallest absolute Gasteiger partial charge is 0.220 e. The second-order valence-electron chi connectivity index (χ2n) is 6.89. The molecule has 1 aromatic heterocycles. The number of nitrogens with zero attached hydrogens (tertiary/aromatic N) is 2. The van der Waals surface area contributed by atoms with Crippen LogP contribution in [0.1, 0.15) is 24.2 Å². The molecule has 0 aliphatic carbocycles. The first-order valence-corrected chi connectivity index (χ1v) is 9.57. The monoisotopic (exact) mass is 355 g/mol. The summed E-state index contributed by atoms with van der Waals surface area (Å²) in [5.74, 6) is 0.975. The number of piperazine rings is 1. The van der Waals surface area contributed by atoms with Crippen LogP contribution in [0, 0.1) is 0 Å². The van der Waals surface area contributed by atoms with Crippen LogP contribution < -0.4 is 5.32 Å². The first-order valence-electron chi connectivity index (χ1n) is 9.57. The van der Waals surface area contributed by atoms with Crippen LogP contribution in [-0.2, 0) is 17.8 Å². The predicted octanol–water partition coefficient (Wildman–Crippen LogP) is 2.54. The molecule has 0 bridgehead atoms. The van der Waals surface area contributed by atoms with Gasteiger partial charge in [-0.05, 0) is 30.7 Å². The molecule has 5 heteroatoms. The van der Waals surface area contributed by atoms with Crippen molar-refractivity contribution < 1.29 is 9.21 Å². The number of carbonyl (C=O) groups is 1. The Morgan fingerprint density at radius 1 is 1.00 bits per heavy atom. The lowest BCUT2D eigenvalue weighted by Gasteiger charge is -2.34. The van der Waals surface area contributed by atoms with Gasteiger partial charge in [-0.25, -0.2) is 0 Å². The van der Waals surface area contributed by atoms with Crippen molar-refractivity contribution in [2.45, 2.75) is 25.8 Å². The van der Waals surface area contributed by atoms with E-state index in [0.29, 0.717) is 12.8 Å². The molecule has 26 heavy (non-hydrogen) atoms. The number of rotatable bonds is 9. The average Bonchev–Trinajstić information content (AvgIpc) is 3.19. The van der Waals surface area contributed by atoms with E-state index >= 15 is 0 Å². The number of hydrogen-bond acceptors (Lipinski definition) is 4. The molecule has 1 aromatic carbocycles. The lowest BCUT2D eigenvalue weighted by atomic mass is 10.2. The molecule has 2 heterocycles. The van der Waals surface area contributed by atoms with Crippen molar-refractivity contribution >= 4 is 5.91 Å². The van der Waals surface area contributed by atoms with Crippen molar-refractivity contribution in [2.75, 3.05) is 39.3 Å². The summed E-state index contributed by atoms with van der Waals surface area (Å²) < 4.78 is 5.24. The minimum Gasteiger partial charge on any atom is -0.469 e. The highest BCUT2D eigenvalue weighted by atomic mass is 16.3. The van der Waals surface area contributed by atoms with Gasteiger partial charge in [0.05, 0.1) is 6.26 Å². The molecule has 0 unspecified atom stereocenters. The first-order chi connectivity index (χ1) is 12.8. The van der Waals surface area contributed by atoms with Gasteiger partial charge in [0.15, 0.2) is 0 Å². The fourth-order valence-corrected chi connectivity index (χ4v) is 3.32. The van der Waals surface area contributed by atoms with E-state index in [1.54, 1.807) is 6.26 Å². The van der Waals surface area contributed by atoms with Gasteiger partial charge < -0.3 is 14.6 Å². The lowest BCUT2D eigenvalue weighted by molar-refractivity contribution is -0.121. The van der Waals surface area contributed by atoms with Gasteiger partial charge in [-0.3, -0.25) is 9.69 Å². The molecule has 1 aliphatic rings. The Labute approximate surface area is 156 Å². The van der Waals surface area contributed by atoms with Gasteiger partial charge in [0.25, 0.3) is 0 Å². The average molecular weight is 355 g/mol.